The molecular weight excluding hydrogens is 265 g/mol. The number of nitrogens with one attached hydrogen (secondary N) is 1. The number of halogens is 1. The summed E-state index contributed by atoms with van der Waals surface area (Å²) in [5.41, 5.74) is 0.611. The van der Waals surface area contributed by atoms with Crippen LogP contribution in [-0.4, -0.2) is 26.0 Å². The fourth-order valence-corrected chi connectivity index (χ4v) is 4.37. The normalized spacial score (nSPS) is 23.4. The minimum atomic E-state index is -2.94. The molecule has 1 aromatic carbocycles. The first-order valence-corrected chi connectivity index (χ1v) is 8.45. The second-order valence-electron chi connectivity index (χ2n) is 5.02. The number of sulfone groups is 1. The maximum Gasteiger partial charge on any atom is 0.154 e. The molecule has 1 aliphatic heterocycles. The summed E-state index contributed by atoms with van der Waals surface area (Å²) < 4.78 is 37.2. The van der Waals surface area contributed by atoms with Crippen molar-refractivity contribution in [3.8, 4) is 0 Å². The Morgan fingerprint density at radius 3 is 2.74 bits per heavy atom. The summed E-state index contributed by atoms with van der Waals surface area (Å²) in [6.45, 7) is 2.38. The molecule has 3 nitrogen and oxygen atoms in total. The van der Waals surface area contributed by atoms with Crippen molar-refractivity contribution in [2.75, 3.05) is 12.3 Å². The molecule has 2 rings (SSSR count). The number of hydrogen-bond acceptors (Lipinski definition) is 3. The molecule has 106 valence electrons. The van der Waals surface area contributed by atoms with E-state index in [9.17, 15) is 12.8 Å². The SMILES string of the molecule is CC[C@@H](NC[C@H]1CCCS1(=O)=O)c1ccccc1F. The predicted octanol–water partition coefficient (Wildman–Crippen LogP) is 2.44. The third-order valence-electron chi connectivity index (χ3n) is 3.74. The minimum Gasteiger partial charge on any atom is -0.309 e. The van der Waals surface area contributed by atoms with Crippen molar-refractivity contribution in [1.82, 2.24) is 5.32 Å². The zero-order chi connectivity index (χ0) is 13.9. The van der Waals surface area contributed by atoms with Gasteiger partial charge in [-0.1, -0.05) is 25.1 Å². The summed E-state index contributed by atoms with van der Waals surface area (Å²) in [5.74, 6) is 0.0478. The molecule has 0 aliphatic carbocycles. The van der Waals surface area contributed by atoms with E-state index in [2.05, 4.69) is 5.32 Å². The fraction of sp³-hybridized carbons (Fsp3) is 0.571. The Morgan fingerprint density at radius 1 is 1.42 bits per heavy atom. The Hall–Kier alpha value is -0.940. The topological polar surface area (TPSA) is 46.2 Å². The lowest BCUT2D eigenvalue weighted by molar-refractivity contribution is 0.479. The zero-order valence-electron chi connectivity index (χ0n) is 11.1. The van der Waals surface area contributed by atoms with Crippen LogP contribution in [0.3, 0.4) is 0 Å². The summed E-state index contributed by atoms with van der Waals surface area (Å²) >= 11 is 0. The molecular formula is C14H20FNO2S. The Morgan fingerprint density at radius 2 is 2.16 bits per heavy atom. The summed E-state index contributed by atoms with van der Waals surface area (Å²) in [7, 11) is -2.94. The molecule has 0 saturated carbocycles. The van der Waals surface area contributed by atoms with Gasteiger partial charge in [-0.25, -0.2) is 12.8 Å². The van der Waals surface area contributed by atoms with E-state index in [0.29, 0.717) is 18.5 Å². The van der Waals surface area contributed by atoms with Crippen molar-refractivity contribution < 1.29 is 12.8 Å². The van der Waals surface area contributed by atoms with E-state index in [0.717, 1.165) is 12.8 Å². The Balaban J connectivity index is 2.03. The van der Waals surface area contributed by atoms with Gasteiger partial charge in [-0.2, -0.15) is 0 Å². The van der Waals surface area contributed by atoms with Crippen LogP contribution >= 0.6 is 0 Å². The van der Waals surface area contributed by atoms with E-state index in [1.807, 2.05) is 6.92 Å². The fourth-order valence-electron chi connectivity index (χ4n) is 2.59. The first-order chi connectivity index (χ1) is 9.04. The average Bonchev–Trinajstić information content (AvgIpc) is 2.71. The molecule has 1 heterocycles. The molecule has 0 spiro atoms. The van der Waals surface area contributed by atoms with E-state index in [-0.39, 0.29) is 22.9 Å². The van der Waals surface area contributed by atoms with Gasteiger partial charge in [0.25, 0.3) is 0 Å². The Bertz CT molecular complexity index is 530. The van der Waals surface area contributed by atoms with Crippen LogP contribution in [-0.2, 0) is 9.84 Å². The molecule has 2 atom stereocenters. The average molecular weight is 285 g/mol. The van der Waals surface area contributed by atoms with Crippen molar-refractivity contribution in [1.29, 1.82) is 0 Å². The zero-order valence-corrected chi connectivity index (χ0v) is 11.9. The van der Waals surface area contributed by atoms with Gasteiger partial charge in [0, 0.05) is 18.2 Å². The van der Waals surface area contributed by atoms with Crippen molar-refractivity contribution >= 4 is 9.84 Å². The Kier molecular flexibility index (Phi) is 4.58. The van der Waals surface area contributed by atoms with Crippen LogP contribution in [0.2, 0.25) is 0 Å². The molecule has 1 fully saturated rings. The van der Waals surface area contributed by atoms with Crippen molar-refractivity contribution in [3.05, 3.63) is 35.6 Å². The molecule has 0 amide bonds. The lowest BCUT2D eigenvalue weighted by Crippen LogP contribution is -2.33. The Labute approximate surface area is 114 Å². The molecule has 5 heteroatoms. The number of rotatable bonds is 5. The van der Waals surface area contributed by atoms with Gasteiger partial charge >= 0.3 is 0 Å². The van der Waals surface area contributed by atoms with Gasteiger partial charge in [-0.15, -0.1) is 0 Å². The highest BCUT2D eigenvalue weighted by Crippen LogP contribution is 2.23. The first kappa shape index (κ1) is 14.5. The van der Waals surface area contributed by atoms with Crippen LogP contribution in [0.4, 0.5) is 4.39 Å². The van der Waals surface area contributed by atoms with E-state index in [4.69, 9.17) is 0 Å². The maximum atomic E-state index is 13.7. The third kappa shape index (κ3) is 3.34. The molecule has 0 unspecified atom stereocenters. The van der Waals surface area contributed by atoms with E-state index in [1.54, 1.807) is 18.2 Å². The molecule has 1 aromatic rings. The van der Waals surface area contributed by atoms with Gasteiger partial charge in [-0.3, -0.25) is 0 Å². The molecule has 1 saturated heterocycles. The standard InChI is InChI=1S/C14H20FNO2S/c1-2-14(12-7-3-4-8-13(12)15)16-10-11-6-5-9-19(11,17)18/h3-4,7-8,11,14,16H,2,5-6,9-10H2,1H3/t11-,14-/m1/s1. The minimum absolute atomic E-state index is 0.128. The molecule has 0 bridgehead atoms. The lowest BCUT2D eigenvalue weighted by Gasteiger charge is -2.20. The maximum absolute atomic E-state index is 13.7. The van der Waals surface area contributed by atoms with Crippen molar-refractivity contribution in [2.45, 2.75) is 37.5 Å². The summed E-state index contributed by atoms with van der Waals surface area (Å²) in [5, 5.41) is 2.89. The van der Waals surface area contributed by atoms with Crippen LogP contribution < -0.4 is 5.32 Å². The quantitative estimate of drug-likeness (QED) is 0.904. The van der Waals surface area contributed by atoms with Gasteiger partial charge in [-0.05, 0) is 25.3 Å². The second kappa shape index (κ2) is 6.01. The summed E-state index contributed by atoms with van der Waals surface area (Å²) in [6, 6.07) is 6.52. The highest BCUT2D eigenvalue weighted by Gasteiger charge is 2.31. The largest absolute Gasteiger partial charge is 0.309 e. The van der Waals surface area contributed by atoms with Gasteiger partial charge in [0.05, 0.1) is 11.0 Å². The second-order valence-corrected chi connectivity index (χ2v) is 7.42. The van der Waals surface area contributed by atoms with E-state index < -0.39 is 9.84 Å². The molecule has 1 aliphatic rings. The van der Waals surface area contributed by atoms with Gasteiger partial charge < -0.3 is 5.32 Å². The number of benzene rings is 1. The van der Waals surface area contributed by atoms with Crippen LogP contribution in [0.25, 0.3) is 0 Å². The smallest absolute Gasteiger partial charge is 0.154 e. The van der Waals surface area contributed by atoms with Crippen LogP contribution in [0.5, 0.6) is 0 Å². The molecule has 0 aromatic heterocycles. The van der Waals surface area contributed by atoms with Crippen LogP contribution in [0.1, 0.15) is 37.8 Å². The van der Waals surface area contributed by atoms with E-state index >= 15 is 0 Å². The molecule has 1 N–H and O–H groups in total. The summed E-state index contributed by atoms with van der Waals surface area (Å²) in [6.07, 6.45) is 2.18. The molecule has 0 radical (unpaired) electrons. The van der Waals surface area contributed by atoms with Gasteiger partial charge in [0.15, 0.2) is 9.84 Å². The summed E-state index contributed by atoms with van der Waals surface area (Å²) in [4.78, 5) is 0. The van der Waals surface area contributed by atoms with Gasteiger partial charge in [0.2, 0.25) is 0 Å². The van der Waals surface area contributed by atoms with Crippen LogP contribution in [0, 0.1) is 5.82 Å². The highest BCUT2D eigenvalue weighted by atomic mass is 32.2. The van der Waals surface area contributed by atoms with Crippen molar-refractivity contribution in [3.63, 3.8) is 0 Å². The number of hydrogen-bond donors (Lipinski definition) is 1. The van der Waals surface area contributed by atoms with Crippen LogP contribution in [0.15, 0.2) is 24.3 Å². The monoisotopic (exact) mass is 285 g/mol. The van der Waals surface area contributed by atoms with Gasteiger partial charge in [0.1, 0.15) is 5.82 Å². The van der Waals surface area contributed by atoms with E-state index in [1.165, 1.54) is 6.07 Å². The predicted molar refractivity (Wildman–Crippen MR) is 74.2 cm³/mol. The molecule has 19 heavy (non-hydrogen) atoms. The highest BCUT2D eigenvalue weighted by molar-refractivity contribution is 7.92. The third-order valence-corrected chi connectivity index (χ3v) is 6.02. The lowest BCUT2D eigenvalue weighted by atomic mass is 10.0. The van der Waals surface area contributed by atoms with Crippen molar-refractivity contribution in [2.24, 2.45) is 0 Å². The first-order valence-electron chi connectivity index (χ1n) is 6.74.